The van der Waals surface area contributed by atoms with E-state index in [0.717, 1.165) is 89.5 Å². The Balaban J connectivity index is 1.08. The van der Waals surface area contributed by atoms with Crippen LogP contribution in [-0.4, -0.2) is 31.4 Å². The average molecular weight is 669 g/mol. The standard InChI is InChI=1S/C46H30N6/c47-44-36(32-10-2-1-3-11-32)28-37-43(45(44)48)35-12-4-5-13-38(35)52-46(37)33-22-20-30(21-23-33)29-16-18-31(19-17-29)34-26-41(39-14-6-8-24-49-39)51-42(27-34)40-15-7-9-25-50-40/h1-28,47-48H/p+2. The molecule has 4 heterocycles. The number of nitrogens with two attached hydrogens (primary N) is 2. The normalized spacial score (nSPS) is 12.4. The third-order valence-electron chi connectivity index (χ3n) is 9.54. The van der Waals surface area contributed by atoms with Gasteiger partial charge < -0.3 is 0 Å². The van der Waals surface area contributed by atoms with Gasteiger partial charge in [0.1, 0.15) is 0 Å². The third kappa shape index (κ3) is 5.58. The molecule has 0 saturated carbocycles. The van der Waals surface area contributed by atoms with Gasteiger partial charge in [-0.05, 0) is 76.4 Å². The molecule has 0 atom stereocenters. The quantitative estimate of drug-likeness (QED) is 0.198. The number of allylic oxidation sites excluding steroid dienone is 1. The number of hydrogen-bond acceptors (Lipinski definition) is 4. The van der Waals surface area contributed by atoms with Crippen LogP contribution in [0.3, 0.4) is 0 Å². The second-order valence-corrected chi connectivity index (χ2v) is 12.7. The first-order valence-electron chi connectivity index (χ1n) is 17.1. The van der Waals surface area contributed by atoms with Gasteiger partial charge in [0.05, 0.1) is 45.1 Å². The Morgan fingerprint density at radius 3 is 1.54 bits per heavy atom. The molecule has 0 unspecified atom stereocenters. The molecular formula is C46H32N6+2. The Labute approximate surface area is 300 Å². The highest BCUT2D eigenvalue weighted by atomic mass is 14.8. The summed E-state index contributed by atoms with van der Waals surface area (Å²) in [6, 6.07) is 51.3. The van der Waals surface area contributed by atoms with E-state index in [-0.39, 0.29) is 0 Å². The number of para-hydroxylation sites is 1. The van der Waals surface area contributed by atoms with Gasteiger partial charge in [0.15, 0.2) is 0 Å². The highest BCUT2D eigenvalue weighted by molar-refractivity contribution is 6.62. The molecule has 4 aromatic carbocycles. The zero-order chi connectivity index (χ0) is 35.0. The number of rotatable bonds is 6. The van der Waals surface area contributed by atoms with Gasteiger partial charge in [-0.25, -0.2) is 20.8 Å². The molecule has 4 N–H and O–H groups in total. The highest BCUT2D eigenvalue weighted by Crippen LogP contribution is 2.38. The van der Waals surface area contributed by atoms with Crippen LogP contribution in [0.1, 0.15) is 16.7 Å². The van der Waals surface area contributed by atoms with Crippen LogP contribution in [0.25, 0.3) is 78.8 Å². The molecule has 244 valence electrons. The van der Waals surface area contributed by atoms with Crippen LogP contribution in [0.4, 0.5) is 0 Å². The van der Waals surface area contributed by atoms with Crippen LogP contribution in [0.5, 0.6) is 0 Å². The van der Waals surface area contributed by atoms with E-state index in [2.05, 4.69) is 94.9 Å². The maximum atomic E-state index is 6.84. The van der Waals surface area contributed by atoms with E-state index in [1.54, 1.807) is 12.4 Å². The summed E-state index contributed by atoms with van der Waals surface area (Å²) < 4.78 is 0. The average Bonchev–Trinajstić information content (AvgIpc) is 3.22. The predicted octanol–water partition coefficient (Wildman–Crippen LogP) is 7.06. The maximum Gasteiger partial charge on any atom is 0.277 e. The van der Waals surface area contributed by atoms with Crippen LogP contribution >= 0.6 is 0 Å². The summed E-state index contributed by atoms with van der Waals surface area (Å²) in [5.41, 5.74) is 15.2. The van der Waals surface area contributed by atoms with Crippen LogP contribution in [0, 0.1) is 0 Å². The number of nitrogens with zero attached hydrogens (tertiary/aromatic N) is 4. The Kier molecular flexibility index (Phi) is 7.67. The second-order valence-electron chi connectivity index (χ2n) is 12.7. The fraction of sp³-hybridized carbons (Fsp3) is 0. The van der Waals surface area contributed by atoms with Crippen molar-refractivity contribution in [2.24, 2.45) is 0 Å². The van der Waals surface area contributed by atoms with Gasteiger partial charge in [-0.3, -0.25) is 9.97 Å². The Hall–Kier alpha value is -7.18. The zero-order valence-electron chi connectivity index (χ0n) is 28.1. The van der Waals surface area contributed by atoms with Crippen molar-refractivity contribution in [3.05, 3.63) is 181 Å². The lowest BCUT2D eigenvalue weighted by molar-refractivity contribution is -0.130. The molecule has 1 aliphatic rings. The van der Waals surface area contributed by atoms with Crippen molar-refractivity contribution in [1.82, 2.24) is 19.9 Å². The minimum absolute atomic E-state index is 0.571. The predicted molar refractivity (Wildman–Crippen MR) is 210 cm³/mol. The molecule has 0 fully saturated rings. The van der Waals surface area contributed by atoms with E-state index < -0.39 is 0 Å². The number of hydrogen-bond donors (Lipinski definition) is 2. The number of fused-ring (bicyclic) bond motifs is 3. The van der Waals surface area contributed by atoms with Crippen LogP contribution in [-0.2, 0) is 0 Å². The number of aromatic nitrogens is 4. The minimum atomic E-state index is 0.571. The SMILES string of the molecule is [NH2+]=C1C(=[NH2+])c2c(c(-c3ccc(-c4ccc(-c5cc(-c6ccccn6)nc(-c6ccccn6)c5)cc4)cc3)nc3ccccc23)C=C1c1ccccc1. The van der Waals surface area contributed by atoms with Crippen molar-refractivity contribution in [2.45, 2.75) is 0 Å². The van der Waals surface area contributed by atoms with Crippen LogP contribution in [0.15, 0.2) is 164 Å². The van der Waals surface area contributed by atoms with Crippen molar-refractivity contribution >= 4 is 34.0 Å². The van der Waals surface area contributed by atoms with Gasteiger partial charge >= 0.3 is 0 Å². The molecule has 0 radical (unpaired) electrons. The molecule has 1 aliphatic carbocycles. The molecule has 0 aliphatic heterocycles. The fourth-order valence-corrected chi connectivity index (χ4v) is 6.90. The molecule has 52 heavy (non-hydrogen) atoms. The maximum absolute atomic E-state index is 6.84. The fourth-order valence-electron chi connectivity index (χ4n) is 6.90. The Morgan fingerprint density at radius 1 is 0.404 bits per heavy atom. The summed E-state index contributed by atoms with van der Waals surface area (Å²) in [6.45, 7) is 0. The number of benzene rings is 4. The van der Waals surface area contributed by atoms with Crippen LogP contribution in [0.2, 0.25) is 0 Å². The van der Waals surface area contributed by atoms with Crippen molar-refractivity contribution in [2.75, 3.05) is 0 Å². The first-order valence-corrected chi connectivity index (χ1v) is 17.1. The smallest absolute Gasteiger partial charge is 0.255 e. The Bertz CT molecular complexity index is 2610. The van der Waals surface area contributed by atoms with E-state index in [4.69, 9.17) is 20.8 Å². The zero-order valence-corrected chi connectivity index (χ0v) is 28.1. The minimum Gasteiger partial charge on any atom is -0.255 e. The molecule has 8 aromatic rings. The van der Waals surface area contributed by atoms with Crippen molar-refractivity contribution in [3.63, 3.8) is 0 Å². The molecule has 0 amide bonds. The summed E-state index contributed by atoms with van der Waals surface area (Å²) in [5, 5.41) is 14.5. The van der Waals surface area contributed by atoms with E-state index in [0.29, 0.717) is 11.4 Å². The Morgan fingerprint density at radius 2 is 0.942 bits per heavy atom. The van der Waals surface area contributed by atoms with Gasteiger partial charge in [-0.1, -0.05) is 109 Å². The lowest BCUT2D eigenvalue weighted by Gasteiger charge is -2.18. The van der Waals surface area contributed by atoms with Gasteiger partial charge in [0.25, 0.3) is 11.4 Å². The van der Waals surface area contributed by atoms with Crippen molar-refractivity contribution < 1.29 is 10.8 Å². The lowest BCUT2D eigenvalue weighted by atomic mass is 9.82. The molecule has 0 spiro atoms. The summed E-state index contributed by atoms with van der Waals surface area (Å²) in [7, 11) is 0. The lowest BCUT2D eigenvalue weighted by Crippen LogP contribution is -2.57. The monoisotopic (exact) mass is 668 g/mol. The number of pyridine rings is 4. The van der Waals surface area contributed by atoms with E-state index in [1.165, 1.54) is 0 Å². The molecule has 9 rings (SSSR count). The first kappa shape index (κ1) is 30.8. The highest BCUT2D eigenvalue weighted by Gasteiger charge is 2.34. The molecule has 0 saturated heterocycles. The largest absolute Gasteiger partial charge is 0.277 e. The molecule has 4 aromatic heterocycles. The topological polar surface area (TPSA) is 103 Å². The van der Waals surface area contributed by atoms with Gasteiger partial charge in [0, 0.05) is 28.9 Å². The van der Waals surface area contributed by atoms with E-state index >= 15 is 0 Å². The molecule has 6 heteroatoms. The summed E-state index contributed by atoms with van der Waals surface area (Å²) >= 11 is 0. The summed E-state index contributed by atoms with van der Waals surface area (Å²) in [5.74, 6) is 0. The van der Waals surface area contributed by atoms with E-state index in [1.807, 2.05) is 72.8 Å². The summed E-state index contributed by atoms with van der Waals surface area (Å²) in [6.07, 6.45) is 5.71. The molecule has 6 nitrogen and oxygen atoms in total. The van der Waals surface area contributed by atoms with E-state index in [9.17, 15) is 0 Å². The molecular weight excluding hydrogens is 637 g/mol. The van der Waals surface area contributed by atoms with Crippen molar-refractivity contribution in [3.8, 4) is 56.3 Å². The third-order valence-corrected chi connectivity index (χ3v) is 9.54. The summed E-state index contributed by atoms with van der Waals surface area (Å²) in [4.78, 5) is 19.2. The van der Waals surface area contributed by atoms with Gasteiger partial charge in [0.2, 0.25) is 0 Å². The molecule has 0 bridgehead atoms. The van der Waals surface area contributed by atoms with Crippen molar-refractivity contribution in [1.29, 1.82) is 0 Å². The first-order chi connectivity index (χ1) is 25.6. The van der Waals surface area contributed by atoms with Crippen LogP contribution < -0.4 is 10.8 Å². The second kappa shape index (κ2) is 12.9. The van der Waals surface area contributed by atoms with Gasteiger partial charge in [-0.15, -0.1) is 0 Å². The van der Waals surface area contributed by atoms with Gasteiger partial charge in [-0.2, -0.15) is 0 Å².